The van der Waals surface area contributed by atoms with Gasteiger partial charge in [-0.2, -0.15) is 0 Å². The Morgan fingerprint density at radius 1 is 1.14 bits per heavy atom. The molecule has 0 heterocycles. The van der Waals surface area contributed by atoms with Crippen LogP contribution in [0.4, 0.5) is 0 Å². The van der Waals surface area contributed by atoms with Gasteiger partial charge in [0.1, 0.15) is 17.2 Å². The Hall–Kier alpha value is -1.46. The molecule has 1 aromatic carbocycles. The molecular weight excluding hydrogens is 270 g/mol. The van der Waals surface area contributed by atoms with Crippen LogP contribution in [0.3, 0.4) is 0 Å². The van der Waals surface area contributed by atoms with Gasteiger partial charge in [0, 0.05) is 12.1 Å². The number of phenolic OH excluding ortho intramolecular Hbond substituents is 1. The van der Waals surface area contributed by atoms with Gasteiger partial charge in [-0.3, -0.25) is 0 Å². The largest absolute Gasteiger partial charge is 0.507 e. The molecule has 0 aliphatic heterocycles. The molecule has 1 aromatic rings. The van der Waals surface area contributed by atoms with Crippen molar-refractivity contribution in [3.63, 3.8) is 0 Å². The van der Waals surface area contributed by atoms with E-state index < -0.39 is 12.1 Å². The summed E-state index contributed by atoms with van der Waals surface area (Å²) >= 11 is 0. The van der Waals surface area contributed by atoms with E-state index >= 15 is 0 Å². The summed E-state index contributed by atoms with van der Waals surface area (Å²) in [4.78, 5) is 0. The Morgan fingerprint density at radius 2 is 1.81 bits per heavy atom. The van der Waals surface area contributed by atoms with E-state index in [1.165, 1.54) is 26.7 Å². The average Bonchev–Trinajstić information content (AvgIpc) is 2.53. The van der Waals surface area contributed by atoms with Crippen molar-refractivity contribution >= 4 is 0 Å². The minimum Gasteiger partial charge on any atom is -0.507 e. The van der Waals surface area contributed by atoms with Crippen LogP contribution in [-0.4, -0.2) is 30.5 Å². The maximum Gasteiger partial charge on any atom is 0.131 e. The maximum atomic E-state index is 10.5. The topological polar surface area (TPSA) is 84.9 Å². The number of hydrogen-bond donors (Lipinski definition) is 3. The summed E-state index contributed by atoms with van der Waals surface area (Å²) < 4.78 is 10.4. The number of phenols is 1. The molecule has 0 aromatic heterocycles. The number of aliphatic hydroxyl groups is 1. The van der Waals surface area contributed by atoms with E-state index in [1.54, 1.807) is 6.07 Å². The highest BCUT2D eigenvalue weighted by Crippen LogP contribution is 2.40. The highest BCUT2D eigenvalue weighted by Gasteiger charge is 2.31. The van der Waals surface area contributed by atoms with Crippen molar-refractivity contribution in [1.29, 1.82) is 0 Å². The second-order valence-corrected chi connectivity index (χ2v) is 5.68. The zero-order chi connectivity index (χ0) is 15.4. The molecule has 2 atom stereocenters. The first kappa shape index (κ1) is 15.9. The Kier molecular flexibility index (Phi) is 5.31. The fourth-order valence-electron chi connectivity index (χ4n) is 3.15. The van der Waals surface area contributed by atoms with E-state index in [0.29, 0.717) is 17.1 Å². The van der Waals surface area contributed by atoms with Crippen molar-refractivity contribution in [2.45, 2.75) is 44.2 Å². The van der Waals surface area contributed by atoms with Crippen molar-refractivity contribution in [3.05, 3.63) is 17.7 Å². The van der Waals surface area contributed by atoms with Crippen molar-refractivity contribution in [2.75, 3.05) is 14.2 Å². The molecule has 0 spiro atoms. The van der Waals surface area contributed by atoms with Crippen LogP contribution >= 0.6 is 0 Å². The van der Waals surface area contributed by atoms with Gasteiger partial charge >= 0.3 is 0 Å². The average molecular weight is 295 g/mol. The molecule has 5 heteroatoms. The summed E-state index contributed by atoms with van der Waals surface area (Å²) in [7, 11) is 3.03. The van der Waals surface area contributed by atoms with Crippen LogP contribution in [0.5, 0.6) is 17.2 Å². The molecule has 2 rings (SSSR count). The smallest absolute Gasteiger partial charge is 0.131 e. The van der Waals surface area contributed by atoms with E-state index in [0.717, 1.165) is 25.7 Å². The molecule has 21 heavy (non-hydrogen) atoms. The summed E-state index contributed by atoms with van der Waals surface area (Å²) in [6.07, 6.45) is 4.75. The number of methoxy groups -OCH3 is 2. The summed E-state index contributed by atoms with van der Waals surface area (Å²) in [5.41, 5.74) is 6.65. The molecule has 1 aliphatic carbocycles. The standard InChI is InChI=1S/C16H25NO4/c1-20-11-8-12(18)14(13(9-11)21-2)15(17)16(19)10-6-4-3-5-7-10/h8-10,15-16,18-19H,3-7,17H2,1-2H3/t15-,16+/m0/s1. The monoisotopic (exact) mass is 295 g/mol. The number of hydrogen-bond acceptors (Lipinski definition) is 5. The van der Waals surface area contributed by atoms with Gasteiger partial charge in [0.25, 0.3) is 0 Å². The van der Waals surface area contributed by atoms with Crippen LogP contribution in [0.25, 0.3) is 0 Å². The third-order valence-corrected chi connectivity index (χ3v) is 4.38. The first-order valence-corrected chi connectivity index (χ1v) is 7.47. The second-order valence-electron chi connectivity index (χ2n) is 5.68. The predicted octanol–water partition coefficient (Wildman–Crippen LogP) is 2.35. The Bertz CT molecular complexity index is 472. The SMILES string of the molecule is COc1cc(O)c([C@H](N)[C@H](O)C2CCCCC2)c(OC)c1. The number of nitrogens with two attached hydrogens (primary N) is 1. The van der Waals surface area contributed by atoms with Crippen molar-refractivity contribution in [3.8, 4) is 17.2 Å². The molecular formula is C16H25NO4. The van der Waals surface area contributed by atoms with Crippen molar-refractivity contribution in [2.24, 2.45) is 11.7 Å². The normalized spacial score (nSPS) is 19.0. The molecule has 0 bridgehead atoms. The fraction of sp³-hybridized carbons (Fsp3) is 0.625. The van der Waals surface area contributed by atoms with E-state index in [9.17, 15) is 10.2 Å². The van der Waals surface area contributed by atoms with Gasteiger partial charge in [-0.15, -0.1) is 0 Å². The first-order valence-electron chi connectivity index (χ1n) is 7.47. The quantitative estimate of drug-likeness (QED) is 0.776. The lowest BCUT2D eigenvalue weighted by Gasteiger charge is -2.31. The molecule has 1 aliphatic rings. The van der Waals surface area contributed by atoms with Gasteiger partial charge in [0.05, 0.1) is 31.9 Å². The minimum atomic E-state index is -0.682. The summed E-state index contributed by atoms with van der Waals surface area (Å²) in [6, 6.07) is 2.49. The fourth-order valence-corrected chi connectivity index (χ4v) is 3.15. The molecule has 5 nitrogen and oxygen atoms in total. The molecule has 0 radical (unpaired) electrons. The highest BCUT2D eigenvalue weighted by molar-refractivity contribution is 5.51. The van der Waals surface area contributed by atoms with Gasteiger partial charge in [-0.05, 0) is 18.8 Å². The van der Waals surface area contributed by atoms with Crippen molar-refractivity contribution in [1.82, 2.24) is 0 Å². The summed E-state index contributed by atoms with van der Waals surface area (Å²) in [5, 5.41) is 20.7. The molecule has 0 unspecified atom stereocenters. The van der Waals surface area contributed by atoms with E-state index in [-0.39, 0.29) is 11.7 Å². The lowest BCUT2D eigenvalue weighted by atomic mass is 9.81. The lowest BCUT2D eigenvalue weighted by Crippen LogP contribution is -2.34. The predicted molar refractivity (Wildman–Crippen MR) is 80.7 cm³/mol. The molecule has 0 saturated heterocycles. The van der Waals surface area contributed by atoms with E-state index in [4.69, 9.17) is 15.2 Å². The first-order chi connectivity index (χ1) is 10.1. The number of ether oxygens (including phenoxy) is 2. The van der Waals surface area contributed by atoms with Crippen LogP contribution in [0.1, 0.15) is 43.7 Å². The Labute approximate surface area is 125 Å². The van der Waals surface area contributed by atoms with Crippen molar-refractivity contribution < 1.29 is 19.7 Å². The van der Waals surface area contributed by atoms with Gasteiger partial charge in [-0.1, -0.05) is 19.3 Å². The van der Waals surface area contributed by atoms with Crippen LogP contribution in [-0.2, 0) is 0 Å². The van der Waals surface area contributed by atoms with Gasteiger partial charge in [0.15, 0.2) is 0 Å². The lowest BCUT2D eigenvalue weighted by molar-refractivity contribution is 0.0603. The van der Waals surface area contributed by atoms with Crippen LogP contribution in [0.15, 0.2) is 12.1 Å². The zero-order valence-corrected chi connectivity index (χ0v) is 12.7. The number of benzene rings is 1. The van der Waals surface area contributed by atoms with E-state index in [2.05, 4.69) is 0 Å². The highest BCUT2D eigenvalue weighted by atomic mass is 16.5. The van der Waals surface area contributed by atoms with Gasteiger partial charge in [0.2, 0.25) is 0 Å². The third-order valence-electron chi connectivity index (χ3n) is 4.38. The number of aromatic hydroxyl groups is 1. The van der Waals surface area contributed by atoms with Gasteiger partial charge < -0.3 is 25.4 Å². The minimum absolute atomic E-state index is 0.00596. The molecule has 4 N–H and O–H groups in total. The Morgan fingerprint density at radius 3 is 2.38 bits per heavy atom. The van der Waals surface area contributed by atoms with Gasteiger partial charge in [-0.25, -0.2) is 0 Å². The third kappa shape index (κ3) is 3.41. The zero-order valence-electron chi connectivity index (χ0n) is 12.7. The Balaban J connectivity index is 2.26. The molecule has 118 valence electrons. The second kappa shape index (κ2) is 7.00. The summed E-state index contributed by atoms with van der Waals surface area (Å²) in [6.45, 7) is 0. The molecule has 1 fully saturated rings. The van der Waals surface area contributed by atoms with Crippen LogP contribution < -0.4 is 15.2 Å². The molecule has 1 saturated carbocycles. The number of aliphatic hydroxyl groups excluding tert-OH is 1. The number of rotatable bonds is 5. The van der Waals surface area contributed by atoms with E-state index in [1.807, 2.05) is 0 Å². The van der Waals surface area contributed by atoms with Crippen LogP contribution in [0.2, 0.25) is 0 Å². The molecule has 0 amide bonds. The maximum absolute atomic E-state index is 10.5. The summed E-state index contributed by atoms with van der Waals surface area (Å²) in [5.74, 6) is 1.11. The van der Waals surface area contributed by atoms with Crippen LogP contribution in [0, 0.1) is 5.92 Å².